The van der Waals surface area contributed by atoms with E-state index in [2.05, 4.69) is 20.8 Å². The summed E-state index contributed by atoms with van der Waals surface area (Å²) in [5.74, 6) is 0.197. The minimum absolute atomic E-state index is 0. The van der Waals surface area contributed by atoms with E-state index >= 15 is 0 Å². The first-order chi connectivity index (χ1) is 7.25. The van der Waals surface area contributed by atoms with Crippen LogP contribution < -0.4 is 10.6 Å². The topological polar surface area (TPSA) is 66.9 Å². The Hall–Kier alpha value is -0.720. The van der Waals surface area contributed by atoms with Crippen molar-refractivity contribution in [3.05, 3.63) is 5.01 Å². The van der Waals surface area contributed by atoms with Gasteiger partial charge in [0.05, 0.1) is 0 Å². The highest BCUT2D eigenvalue weighted by Gasteiger charge is 2.21. The van der Waals surface area contributed by atoms with Gasteiger partial charge >= 0.3 is 0 Å². The molecule has 1 amide bonds. The molecule has 0 aromatic carbocycles. The number of carbonyl (C=O) groups excluding carboxylic acids is 1. The summed E-state index contributed by atoms with van der Waals surface area (Å²) in [6.45, 7) is 3.72. The second kappa shape index (κ2) is 6.12. The van der Waals surface area contributed by atoms with Gasteiger partial charge in [0.2, 0.25) is 11.0 Å². The van der Waals surface area contributed by atoms with Gasteiger partial charge in [-0.3, -0.25) is 4.79 Å². The van der Waals surface area contributed by atoms with E-state index in [1.807, 2.05) is 6.92 Å². The second-order valence-electron chi connectivity index (χ2n) is 3.64. The van der Waals surface area contributed by atoms with Crippen molar-refractivity contribution in [1.82, 2.24) is 15.5 Å². The lowest BCUT2D eigenvalue weighted by atomic mass is 9.97. The third-order valence-corrected chi connectivity index (χ3v) is 3.22. The van der Waals surface area contributed by atoms with Gasteiger partial charge < -0.3 is 10.6 Å². The maximum absolute atomic E-state index is 11.8. The monoisotopic (exact) mass is 262 g/mol. The lowest BCUT2D eigenvalue weighted by molar-refractivity contribution is -0.120. The normalized spacial score (nSPS) is 16.6. The number of aryl methyl sites for hydroxylation is 1. The van der Waals surface area contributed by atoms with Crippen LogP contribution >= 0.6 is 23.7 Å². The fourth-order valence-corrected chi connectivity index (χ4v) is 2.23. The molecular weight excluding hydrogens is 248 g/mol. The Morgan fingerprint density at radius 1 is 1.44 bits per heavy atom. The molecule has 90 valence electrons. The zero-order chi connectivity index (χ0) is 10.7. The largest absolute Gasteiger partial charge is 0.317 e. The fraction of sp³-hybridized carbons (Fsp3) is 0.667. The van der Waals surface area contributed by atoms with Crippen LogP contribution in [0.4, 0.5) is 5.13 Å². The van der Waals surface area contributed by atoms with Gasteiger partial charge in [-0.2, -0.15) is 0 Å². The average Bonchev–Trinajstić information content (AvgIpc) is 2.65. The van der Waals surface area contributed by atoms with Gasteiger partial charge in [0.1, 0.15) is 5.01 Å². The molecule has 1 fully saturated rings. The molecule has 1 aliphatic rings. The van der Waals surface area contributed by atoms with Gasteiger partial charge in [0.15, 0.2) is 0 Å². The minimum atomic E-state index is 0. The summed E-state index contributed by atoms with van der Waals surface area (Å²) < 4.78 is 0. The van der Waals surface area contributed by atoms with Gasteiger partial charge in [-0.25, -0.2) is 0 Å². The molecule has 0 spiro atoms. The highest BCUT2D eigenvalue weighted by molar-refractivity contribution is 7.15. The average molecular weight is 263 g/mol. The second-order valence-corrected chi connectivity index (χ2v) is 4.82. The van der Waals surface area contributed by atoms with Crippen molar-refractivity contribution in [1.29, 1.82) is 0 Å². The van der Waals surface area contributed by atoms with Crippen LogP contribution in [0.5, 0.6) is 0 Å². The third kappa shape index (κ3) is 3.40. The Morgan fingerprint density at radius 2 is 2.12 bits per heavy atom. The van der Waals surface area contributed by atoms with Crippen molar-refractivity contribution in [2.24, 2.45) is 5.92 Å². The van der Waals surface area contributed by atoms with Crippen molar-refractivity contribution >= 4 is 34.8 Å². The van der Waals surface area contributed by atoms with Crippen LogP contribution in [0.25, 0.3) is 0 Å². The predicted octanol–water partition coefficient (Wildman–Crippen LogP) is 1.21. The van der Waals surface area contributed by atoms with Gasteiger partial charge in [0, 0.05) is 5.92 Å². The zero-order valence-electron chi connectivity index (χ0n) is 9.02. The van der Waals surface area contributed by atoms with Crippen molar-refractivity contribution in [3.63, 3.8) is 0 Å². The molecule has 1 aliphatic heterocycles. The molecule has 1 aromatic rings. The number of nitrogens with one attached hydrogen (secondary N) is 2. The summed E-state index contributed by atoms with van der Waals surface area (Å²) in [7, 11) is 0. The van der Waals surface area contributed by atoms with Crippen LogP contribution in [-0.2, 0) is 4.79 Å². The van der Waals surface area contributed by atoms with Crippen molar-refractivity contribution in [3.8, 4) is 0 Å². The number of anilines is 1. The molecule has 0 atom stereocenters. The number of hydrogen-bond donors (Lipinski definition) is 2. The molecule has 0 aliphatic carbocycles. The predicted molar refractivity (Wildman–Crippen MR) is 66.1 cm³/mol. The van der Waals surface area contributed by atoms with Crippen LogP contribution in [0.3, 0.4) is 0 Å². The highest BCUT2D eigenvalue weighted by atomic mass is 35.5. The first kappa shape index (κ1) is 13.3. The summed E-state index contributed by atoms with van der Waals surface area (Å²) in [5, 5.41) is 15.2. The lowest BCUT2D eigenvalue weighted by Gasteiger charge is -2.20. The molecule has 16 heavy (non-hydrogen) atoms. The Balaban J connectivity index is 0.00000128. The summed E-state index contributed by atoms with van der Waals surface area (Å²) in [6.07, 6.45) is 1.81. The van der Waals surface area contributed by atoms with Crippen LogP contribution in [-0.4, -0.2) is 29.2 Å². The Labute approximate surface area is 104 Å². The molecule has 2 rings (SSSR count). The van der Waals surface area contributed by atoms with E-state index in [4.69, 9.17) is 0 Å². The first-order valence-electron chi connectivity index (χ1n) is 5.07. The van der Waals surface area contributed by atoms with E-state index in [-0.39, 0.29) is 24.2 Å². The minimum Gasteiger partial charge on any atom is -0.317 e. The number of amides is 1. The molecule has 0 saturated carbocycles. The van der Waals surface area contributed by atoms with Gasteiger partial charge in [0.25, 0.3) is 0 Å². The highest BCUT2D eigenvalue weighted by Crippen LogP contribution is 2.18. The molecule has 0 radical (unpaired) electrons. The number of hydrogen-bond acceptors (Lipinski definition) is 5. The summed E-state index contributed by atoms with van der Waals surface area (Å²) in [4.78, 5) is 11.8. The number of piperidine rings is 1. The smallest absolute Gasteiger partial charge is 0.229 e. The number of rotatable bonds is 2. The maximum atomic E-state index is 11.8. The molecule has 5 nitrogen and oxygen atoms in total. The quantitative estimate of drug-likeness (QED) is 0.841. The number of nitrogens with zero attached hydrogens (tertiary/aromatic N) is 2. The first-order valence-corrected chi connectivity index (χ1v) is 5.89. The van der Waals surface area contributed by atoms with Gasteiger partial charge in [-0.1, -0.05) is 11.3 Å². The SMILES string of the molecule is Cc1nnc(NC(=O)C2CCNCC2)s1.Cl. The number of carbonyl (C=O) groups is 1. The fourth-order valence-electron chi connectivity index (χ4n) is 1.64. The Bertz CT molecular complexity index is 351. The van der Waals surface area contributed by atoms with Gasteiger partial charge in [-0.05, 0) is 32.9 Å². The standard InChI is InChI=1S/C9H14N4OS.ClH/c1-6-12-13-9(15-6)11-8(14)7-2-4-10-5-3-7;/h7,10H,2-5H2,1H3,(H,11,13,14);1H. The Morgan fingerprint density at radius 3 is 2.69 bits per heavy atom. The van der Waals surface area contributed by atoms with E-state index in [1.54, 1.807) is 0 Å². The molecule has 0 bridgehead atoms. The Kier molecular flexibility index (Phi) is 5.11. The van der Waals surface area contributed by atoms with Crippen molar-refractivity contribution in [2.75, 3.05) is 18.4 Å². The summed E-state index contributed by atoms with van der Waals surface area (Å²) in [5.41, 5.74) is 0. The van der Waals surface area contributed by atoms with Crippen LogP contribution in [0, 0.1) is 12.8 Å². The molecule has 1 aromatic heterocycles. The van der Waals surface area contributed by atoms with Crippen LogP contribution in [0.2, 0.25) is 0 Å². The van der Waals surface area contributed by atoms with Crippen LogP contribution in [0.1, 0.15) is 17.8 Å². The number of halogens is 1. The third-order valence-electron chi connectivity index (χ3n) is 2.47. The van der Waals surface area contributed by atoms with Crippen LogP contribution in [0.15, 0.2) is 0 Å². The van der Waals surface area contributed by atoms with Crippen molar-refractivity contribution < 1.29 is 4.79 Å². The maximum Gasteiger partial charge on any atom is 0.229 e. The lowest BCUT2D eigenvalue weighted by Crippen LogP contribution is -2.34. The van der Waals surface area contributed by atoms with E-state index in [1.165, 1.54) is 11.3 Å². The van der Waals surface area contributed by atoms with Gasteiger partial charge in [-0.15, -0.1) is 22.6 Å². The molecule has 2 N–H and O–H groups in total. The number of aromatic nitrogens is 2. The zero-order valence-corrected chi connectivity index (χ0v) is 10.7. The molecule has 7 heteroatoms. The molecular formula is C9H15ClN4OS. The molecule has 1 saturated heterocycles. The molecule has 0 unspecified atom stereocenters. The van der Waals surface area contributed by atoms with E-state index < -0.39 is 0 Å². The van der Waals surface area contributed by atoms with Crippen molar-refractivity contribution in [2.45, 2.75) is 19.8 Å². The summed E-state index contributed by atoms with van der Waals surface area (Å²) in [6, 6.07) is 0. The molecule has 2 heterocycles. The van der Waals surface area contributed by atoms with E-state index in [0.717, 1.165) is 30.9 Å². The summed E-state index contributed by atoms with van der Waals surface area (Å²) >= 11 is 1.41. The van der Waals surface area contributed by atoms with E-state index in [9.17, 15) is 4.79 Å². The van der Waals surface area contributed by atoms with E-state index in [0.29, 0.717) is 5.13 Å².